The van der Waals surface area contributed by atoms with E-state index >= 15 is 0 Å². The van der Waals surface area contributed by atoms with Crippen LogP contribution in [-0.2, 0) is 13.5 Å². The number of carbonyl (C=O) groups is 1. The smallest absolute Gasteiger partial charge is 0.270 e. The van der Waals surface area contributed by atoms with Crippen molar-refractivity contribution in [3.8, 4) is 5.75 Å². The van der Waals surface area contributed by atoms with E-state index in [4.69, 9.17) is 4.74 Å². The summed E-state index contributed by atoms with van der Waals surface area (Å²) in [6.45, 7) is 3.87. The van der Waals surface area contributed by atoms with Gasteiger partial charge in [0.25, 0.3) is 5.91 Å². The van der Waals surface area contributed by atoms with Crippen LogP contribution in [-0.4, -0.2) is 22.8 Å². The van der Waals surface area contributed by atoms with Gasteiger partial charge in [-0.25, -0.2) is 4.39 Å². The highest BCUT2D eigenvalue weighted by molar-refractivity contribution is 5.92. The molecule has 0 saturated carbocycles. The lowest BCUT2D eigenvalue weighted by atomic mass is 10.1. The van der Waals surface area contributed by atoms with Crippen LogP contribution in [0.2, 0.25) is 0 Å². The van der Waals surface area contributed by atoms with E-state index in [1.807, 2.05) is 6.92 Å². The molecule has 6 heteroatoms. The monoisotopic (exact) mass is 319 g/mol. The second-order valence-electron chi connectivity index (χ2n) is 5.48. The van der Waals surface area contributed by atoms with Gasteiger partial charge in [-0.1, -0.05) is 19.4 Å². The minimum Gasteiger partial charge on any atom is -0.494 e. The van der Waals surface area contributed by atoms with Gasteiger partial charge in [0.05, 0.1) is 18.8 Å². The number of aryl methyl sites for hydroxylation is 2. The van der Waals surface area contributed by atoms with Crippen molar-refractivity contribution in [3.05, 3.63) is 47.0 Å². The number of carbonyl (C=O) groups excluding carboxylic acids is 1. The summed E-state index contributed by atoms with van der Waals surface area (Å²) in [6, 6.07) is 6.12. The van der Waals surface area contributed by atoms with Crippen LogP contribution < -0.4 is 10.1 Å². The predicted molar refractivity (Wildman–Crippen MR) is 86.0 cm³/mol. The molecule has 0 radical (unpaired) electrons. The minimum absolute atomic E-state index is 0.183. The third-order valence-corrected chi connectivity index (χ3v) is 3.69. The van der Waals surface area contributed by atoms with Gasteiger partial charge in [-0.05, 0) is 37.1 Å². The number of hydrogen-bond donors (Lipinski definition) is 1. The molecule has 0 aliphatic carbocycles. The largest absolute Gasteiger partial charge is 0.494 e. The van der Waals surface area contributed by atoms with Crippen molar-refractivity contribution in [3.63, 3.8) is 0 Å². The predicted octanol–water partition coefficient (Wildman–Crippen LogP) is 3.01. The zero-order valence-electron chi connectivity index (χ0n) is 13.9. The van der Waals surface area contributed by atoms with E-state index in [2.05, 4.69) is 17.3 Å². The van der Waals surface area contributed by atoms with Crippen molar-refractivity contribution in [2.45, 2.75) is 32.7 Å². The highest BCUT2D eigenvalue weighted by Gasteiger charge is 2.17. The summed E-state index contributed by atoms with van der Waals surface area (Å²) in [5, 5.41) is 7.18. The van der Waals surface area contributed by atoms with Gasteiger partial charge in [0.1, 0.15) is 5.69 Å². The Balaban J connectivity index is 2.11. The van der Waals surface area contributed by atoms with Gasteiger partial charge in [-0.3, -0.25) is 9.48 Å². The molecule has 0 saturated heterocycles. The fourth-order valence-corrected chi connectivity index (χ4v) is 2.42. The molecule has 1 heterocycles. The van der Waals surface area contributed by atoms with Crippen LogP contribution in [0.5, 0.6) is 5.75 Å². The summed E-state index contributed by atoms with van der Waals surface area (Å²) in [4.78, 5) is 12.4. The third-order valence-electron chi connectivity index (χ3n) is 3.69. The maximum atomic E-state index is 13.8. The Morgan fingerprint density at radius 1 is 1.43 bits per heavy atom. The average Bonchev–Trinajstić information content (AvgIpc) is 2.88. The summed E-state index contributed by atoms with van der Waals surface area (Å²) < 4.78 is 20.2. The van der Waals surface area contributed by atoms with Gasteiger partial charge in [0, 0.05) is 7.05 Å². The first-order chi connectivity index (χ1) is 11.0. The topological polar surface area (TPSA) is 56.1 Å². The number of nitrogens with one attached hydrogen (secondary N) is 1. The van der Waals surface area contributed by atoms with Crippen molar-refractivity contribution in [2.75, 3.05) is 7.11 Å². The zero-order chi connectivity index (χ0) is 17.0. The average molecular weight is 319 g/mol. The summed E-state index contributed by atoms with van der Waals surface area (Å²) >= 11 is 0. The second kappa shape index (κ2) is 7.26. The number of ether oxygens (including phenoxy) is 1. The van der Waals surface area contributed by atoms with E-state index in [1.54, 1.807) is 29.9 Å². The number of nitrogens with zero attached hydrogens (tertiary/aromatic N) is 2. The Bertz CT molecular complexity index is 697. The Hall–Kier alpha value is -2.37. The number of halogens is 1. The van der Waals surface area contributed by atoms with Crippen LogP contribution in [0.3, 0.4) is 0 Å². The summed E-state index contributed by atoms with van der Waals surface area (Å²) in [5.74, 6) is -0.494. The number of methoxy groups -OCH3 is 1. The first-order valence-electron chi connectivity index (χ1n) is 7.63. The molecule has 0 bridgehead atoms. The van der Waals surface area contributed by atoms with Crippen LogP contribution in [0.1, 0.15) is 48.1 Å². The molecule has 23 heavy (non-hydrogen) atoms. The lowest BCUT2D eigenvalue weighted by Gasteiger charge is -2.15. The highest BCUT2D eigenvalue weighted by Crippen LogP contribution is 2.22. The molecule has 1 amide bonds. The standard InChI is InChI=1S/C17H22FN3O2/c1-5-6-13-10-15(21(3)20-13)17(22)19-11(2)12-7-8-16(23-4)14(18)9-12/h7-11H,5-6H2,1-4H3,(H,19,22)/t11-/m0/s1. The zero-order valence-corrected chi connectivity index (χ0v) is 13.9. The van der Waals surface area contributed by atoms with Gasteiger partial charge >= 0.3 is 0 Å². The van der Waals surface area contributed by atoms with Gasteiger partial charge in [-0.2, -0.15) is 5.10 Å². The number of amides is 1. The van der Waals surface area contributed by atoms with Crippen LogP contribution in [0.25, 0.3) is 0 Å². The van der Waals surface area contributed by atoms with E-state index in [1.165, 1.54) is 13.2 Å². The van der Waals surface area contributed by atoms with Gasteiger partial charge < -0.3 is 10.1 Å². The molecule has 5 nitrogen and oxygen atoms in total. The van der Waals surface area contributed by atoms with E-state index < -0.39 is 5.82 Å². The molecule has 124 valence electrons. The first-order valence-corrected chi connectivity index (χ1v) is 7.63. The normalized spacial score (nSPS) is 12.0. The van der Waals surface area contributed by atoms with Crippen molar-refractivity contribution in [2.24, 2.45) is 7.05 Å². The quantitative estimate of drug-likeness (QED) is 0.890. The maximum absolute atomic E-state index is 13.8. The van der Waals surface area contributed by atoms with Crippen LogP contribution in [0.15, 0.2) is 24.3 Å². The van der Waals surface area contributed by atoms with Crippen molar-refractivity contribution < 1.29 is 13.9 Å². The van der Waals surface area contributed by atoms with Crippen LogP contribution in [0, 0.1) is 5.82 Å². The Morgan fingerprint density at radius 3 is 2.78 bits per heavy atom. The lowest BCUT2D eigenvalue weighted by molar-refractivity contribution is 0.0930. The SMILES string of the molecule is CCCc1cc(C(=O)N[C@@H](C)c2ccc(OC)c(F)c2)n(C)n1. The molecular weight excluding hydrogens is 297 g/mol. The Labute approximate surface area is 135 Å². The van der Waals surface area contributed by atoms with Crippen molar-refractivity contribution >= 4 is 5.91 Å². The third kappa shape index (κ3) is 3.88. The summed E-state index contributed by atoms with van der Waals surface area (Å²) in [6.07, 6.45) is 1.81. The number of benzene rings is 1. The molecule has 0 fully saturated rings. The Kier molecular flexibility index (Phi) is 5.36. The molecule has 0 aliphatic heterocycles. The van der Waals surface area contributed by atoms with E-state index in [0.717, 1.165) is 18.5 Å². The summed E-state index contributed by atoms with van der Waals surface area (Å²) in [5.41, 5.74) is 2.06. The van der Waals surface area contributed by atoms with E-state index in [-0.39, 0.29) is 17.7 Å². The van der Waals surface area contributed by atoms with Crippen molar-refractivity contribution in [1.82, 2.24) is 15.1 Å². The van der Waals surface area contributed by atoms with Crippen LogP contribution in [0.4, 0.5) is 4.39 Å². The number of rotatable bonds is 6. The van der Waals surface area contributed by atoms with Crippen LogP contribution >= 0.6 is 0 Å². The molecular formula is C17H22FN3O2. The highest BCUT2D eigenvalue weighted by atomic mass is 19.1. The minimum atomic E-state index is -0.447. The van der Waals surface area contributed by atoms with Crippen molar-refractivity contribution in [1.29, 1.82) is 0 Å². The Morgan fingerprint density at radius 2 is 2.17 bits per heavy atom. The number of hydrogen-bond acceptors (Lipinski definition) is 3. The summed E-state index contributed by atoms with van der Waals surface area (Å²) in [7, 11) is 3.16. The molecule has 2 aromatic rings. The maximum Gasteiger partial charge on any atom is 0.270 e. The molecule has 1 aromatic heterocycles. The first kappa shape index (κ1) is 17.0. The van der Waals surface area contributed by atoms with Gasteiger partial charge in [0.15, 0.2) is 11.6 Å². The second-order valence-corrected chi connectivity index (χ2v) is 5.48. The molecule has 1 N–H and O–H groups in total. The molecule has 0 spiro atoms. The fraction of sp³-hybridized carbons (Fsp3) is 0.412. The molecule has 2 rings (SSSR count). The van der Waals surface area contributed by atoms with E-state index in [0.29, 0.717) is 11.3 Å². The lowest BCUT2D eigenvalue weighted by Crippen LogP contribution is -2.28. The molecule has 0 unspecified atom stereocenters. The molecule has 0 aliphatic rings. The molecule has 1 atom stereocenters. The van der Waals surface area contributed by atoms with Gasteiger partial charge in [0.2, 0.25) is 0 Å². The number of aromatic nitrogens is 2. The van der Waals surface area contributed by atoms with Gasteiger partial charge in [-0.15, -0.1) is 0 Å². The molecule has 1 aromatic carbocycles. The fourth-order valence-electron chi connectivity index (χ4n) is 2.42. The van der Waals surface area contributed by atoms with E-state index in [9.17, 15) is 9.18 Å².